The first kappa shape index (κ1) is 31.6. The quantitative estimate of drug-likeness (QED) is 0.456. The summed E-state index contributed by atoms with van der Waals surface area (Å²) in [6.45, 7) is 6.97. The summed E-state index contributed by atoms with van der Waals surface area (Å²) < 4.78 is 37.9. The Morgan fingerprint density at radius 3 is 2.39 bits per heavy atom. The number of ether oxygens (including phenoxy) is 1. The van der Waals surface area contributed by atoms with Crippen LogP contribution in [0.2, 0.25) is 0 Å². The molecule has 13 heteroatoms. The van der Waals surface area contributed by atoms with Gasteiger partial charge in [0.25, 0.3) is 16.1 Å². The third-order valence-electron chi connectivity index (χ3n) is 8.02. The van der Waals surface area contributed by atoms with Crippen LogP contribution in [0.1, 0.15) is 55.8 Å². The normalized spacial score (nSPS) is 20.3. The number of aromatic nitrogens is 3. The molecule has 1 atom stereocenters. The van der Waals surface area contributed by atoms with Gasteiger partial charge in [-0.2, -0.15) is 22.1 Å². The highest BCUT2D eigenvalue weighted by Crippen LogP contribution is 2.25. The van der Waals surface area contributed by atoms with Gasteiger partial charge in [0.05, 0.1) is 19.1 Å². The number of fused-ring (bicyclic) bond motifs is 3. The van der Waals surface area contributed by atoms with Gasteiger partial charge in [-0.3, -0.25) is 9.59 Å². The number of piperidine rings is 1. The fraction of sp³-hybridized carbons (Fsp3) is 0.484. The molecule has 2 bridgehead atoms. The maximum absolute atomic E-state index is 13.8. The van der Waals surface area contributed by atoms with Crippen molar-refractivity contribution in [1.82, 2.24) is 34.0 Å². The minimum atomic E-state index is -3.97. The first-order chi connectivity index (χ1) is 21.1. The molecule has 1 fully saturated rings. The summed E-state index contributed by atoms with van der Waals surface area (Å²) in [5.74, 6) is 1.10. The van der Waals surface area contributed by atoms with Crippen molar-refractivity contribution in [2.75, 3.05) is 39.3 Å². The van der Waals surface area contributed by atoms with Crippen LogP contribution in [0.5, 0.6) is 5.75 Å². The summed E-state index contributed by atoms with van der Waals surface area (Å²) >= 11 is 0. The van der Waals surface area contributed by atoms with Gasteiger partial charge in [-0.05, 0) is 42.9 Å². The summed E-state index contributed by atoms with van der Waals surface area (Å²) in [4.78, 5) is 31.4. The van der Waals surface area contributed by atoms with Crippen LogP contribution in [0.4, 0.5) is 0 Å². The molecule has 5 rings (SSSR count). The summed E-state index contributed by atoms with van der Waals surface area (Å²) in [7, 11) is -3.97. The lowest BCUT2D eigenvalue weighted by Gasteiger charge is -2.34. The summed E-state index contributed by atoms with van der Waals surface area (Å²) in [5, 5.41) is 10.6. The zero-order valence-corrected chi connectivity index (χ0v) is 26.3. The van der Waals surface area contributed by atoms with Gasteiger partial charge < -0.3 is 15.4 Å². The predicted molar refractivity (Wildman–Crippen MR) is 166 cm³/mol. The molecule has 2 N–H and O–H groups in total. The van der Waals surface area contributed by atoms with Gasteiger partial charge >= 0.3 is 0 Å². The molecule has 1 saturated heterocycles. The Balaban J connectivity index is 1.49. The smallest absolute Gasteiger partial charge is 0.282 e. The van der Waals surface area contributed by atoms with Gasteiger partial charge in [0.1, 0.15) is 12.4 Å². The number of benzene rings is 2. The molecule has 1 aromatic heterocycles. The van der Waals surface area contributed by atoms with Crippen LogP contribution in [0.15, 0.2) is 54.6 Å². The lowest BCUT2D eigenvalue weighted by atomic mass is 10.0. The van der Waals surface area contributed by atoms with E-state index in [4.69, 9.17) is 14.8 Å². The summed E-state index contributed by atoms with van der Waals surface area (Å²) in [6, 6.07) is 15.8. The van der Waals surface area contributed by atoms with E-state index >= 15 is 0 Å². The maximum Gasteiger partial charge on any atom is 0.282 e. The number of carbonyl (C=O) groups excluding carboxylic acids is 2. The fourth-order valence-corrected chi connectivity index (χ4v) is 7.00. The largest absolute Gasteiger partial charge is 0.492 e. The van der Waals surface area contributed by atoms with Crippen molar-refractivity contribution in [3.05, 3.63) is 66.0 Å². The van der Waals surface area contributed by atoms with E-state index in [1.165, 1.54) is 4.31 Å². The van der Waals surface area contributed by atoms with E-state index in [1.54, 1.807) is 28.9 Å². The van der Waals surface area contributed by atoms with E-state index in [-0.39, 0.29) is 31.5 Å². The Labute approximate surface area is 259 Å². The van der Waals surface area contributed by atoms with E-state index in [0.717, 1.165) is 22.7 Å². The van der Waals surface area contributed by atoms with E-state index in [1.807, 2.05) is 44.2 Å². The number of hydrogen-bond acceptors (Lipinski definition) is 7. The van der Waals surface area contributed by atoms with Crippen LogP contribution in [0.3, 0.4) is 0 Å². The van der Waals surface area contributed by atoms with E-state index in [2.05, 4.69) is 17.6 Å². The van der Waals surface area contributed by atoms with Gasteiger partial charge in [-0.15, -0.1) is 0 Å². The molecule has 2 aromatic carbocycles. The van der Waals surface area contributed by atoms with Gasteiger partial charge in [0.2, 0.25) is 5.91 Å². The van der Waals surface area contributed by atoms with Gasteiger partial charge in [-0.25, -0.2) is 9.67 Å². The minimum Gasteiger partial charge on any atom is -0.492 e. The summed E-state index contributed by atoms with van der Waals surface area (Å²) in [6.07, 6.45) is 1.51. The fourth-order valence-electron chi connectivity index (χ4n) is 5.40. The number of rotatable bonds is 4. The molecule has 0 radical (unpaired) electrons. The van der Waals surface area contributed by atoms with Crippen molar-refractivity contribution in [1.29, 1.82) is 0 Å². The van der Waals surface area contributed by atoms with Crippen molar-refractivity contribution < 1.29 is 22.7 Å². The Hall–Kier alpha value is -3.81. The summed E-state index contributed by atoms with van der Waals surface area (Å²) in [5.41, 5.74) is 1.22. The second-order valence-electron chi connectivity index (χ2n) is 11.7. The van der Waals surface area contributed by atoms with E-state index in [9.17, 15) is 18.0 Å². The van der Waals surface area contributed by atoms with Crippen molar-refractivity contribution in [2.24, 2.45) is 11.8 Å². The third-order valence-corrected chi connectivity index (χ3v) is 10.0. The zero-order valence-electron chi connectivity index (χ0n) is 25.5. The van der Waals surface area contributed by atoms with Gasteiger partial charge in [0.15, 0.2) is 11.6 Å². The van der Waals surface area contributed by atoms with Gasteiger partial charge in [0, 0.05) is 37.3 Å². The minimum absolute atomic E-state index is 0.0308. The lowest BCUT2D eigenvalue weighted by molar-refractivity contribution is -0.122. The lowest BCUT2D eigenvalue weighted by Crippen LogP contribution is -2.52. The molecular weight excluding hydrogens is 582 g/mol. The molecule has 0 spiro atoms. The molecule has 2 aliphatic rings. The molecule has 236 valence electrons. The van der Waals surface area contributed by atoms with E-state index < -0.39 is 28.7 Å². The monoisotopic (exact) mass is 623 g/mol. The molecule has 2 amide bonds. The molecule has 3 heterocycles. The molecule has 0 saturated carbocycles. The highest BCUT2D eigenvalue weighted by Gasteiger charge is 2.34. The van der Waals surface area contributed by atoms with Gasteiger partial charge in [-0.1, -0.05) is 57.2 Å². The SMILES string of the molecule is CC1CCN(S(=O)(=O)N2CCNC(=O)c3cccc(c3)OCCn3nc(-c4ccccc4)nc3[C@H](C(C)C)NC(=O)C2)CC1. The second-order valence-corrected chi connectivity index (χ2v) is 13.7. The number of carbonyl (C=O) groups is 2. The maximum atomic E-state index is 13.8. The molecule has 0 unspecified atom stereocenters. The van der Waals surface area contributed by atoms with Crippen LogP contribution in [0, 0.1) is 11.8 Å². The molecule has 0 aliphatic carbocycles. The van der Waals surface area contributed by atoms with Crippen molar-refractivity contribution >= 4 is 22.0 Å². The highest BCUT2D eigenvalue weighted by atomic mass is 32.2. The molecule has 2 aliphatic heterocycles. The molecule has 12 nitrogen and oxygen atoms in total. The number of hydrogen-bond donors (Lipinski definition) is 2. The average molecular weight is 624 g/mol. The van der Waals surface area contributed by atoms with Crippen LogP contribution in [0.25, 0.3) is 11.4 Å². The van der Waals surface area contributed by atoms with Crippen molar-refractivity contribution in [3.8, 4) is 17.1 Å². The number of nitrogens with one attached hydrogen (secondary N) is 2. The number of nitrogens with zero attached hydrogens (tertiary/aromatic N) is 5. The Bertz CT molecular complexity index is 1550. The van der Waals surface area contributed by atoms with Crippen LogP contribution in [-0.4, -0.2) is 82.9 Å². The number of amides is 2. The Morgan fingerprint density at radius 2 is 1.66 bits per heavy atom. The first-order valence-corrected chi connectivity index (χ1v) is 16.6. The molecular formula is C31H41N7O5S. The highest BCUT2D eigenvalue weighted by molar-refractivity contribution is 7.86. The zero-order chi connectivity index (χ0) is 31.3. The van der Waals surface area contributed by atoms with Crippen molar-refractivity contribution in [3.63, 3.8) is 0 Å². The molecule has 44 heavy (non-hydrogen) atoms. The Morgan fingerprint density at radius 1 is 0.932 bits per heavy atom. The standard InChI is InChI=1S/C31H41N7O5S/c1-22(2)28-30-34-29(24-8-5-4-6-9-24)35-38(30)18-19-43-26-11-7-10-25(20-26)31(40)32-14-17-37(21-27(39)33-28)44(41,42)36-15-12-23(3)13-16-36/h4-11,20,22-23,28H,12-19,21H2,1-3H3,(H,32,40)(H,33,39)/t28-/m0/s1. The van der Waals surface area contributed by atoms with Crippen LogP contribution >= 0.6 is 0 Å². The van der Waals surface area contributed by atoms with Crippen LogP contribution in [-0.2, 0) is 21.5 Å². The third kappa shape index (κ3) is 7.45. The predicted octanol–water partition coefficient (Wildman–Crippen LogP) is 2.86. The molecule has 3 aromatic rings. The topological polar surface area (TPSA) is 139 Å². The average Bonchev–Trinajstić information content (AvgIpc) is 3.43. The van der Waals surface area contributed by atoms with Crippen LogP contribution < -0.4 is 15.4 Å². The second kappa shape index (κ2) is 13.9. The van der Waals surface area contributed by atoms with Crippen molar-refractivity contribution in [2.45, 2.75) is 46.2 Å². The van der Waals surface area contributed by atoms with E-state index in [0.29, 0.717) is 48.5 Å². The first-order valence-electron chi connectivity index (χ1n) is 15.2. The Kier molecular flexibility index (Phi) is 9.97.